The van der Waals surface area contributed by atoms with Crippen LogP contribution in [0.2, 0.25) is 0 Å². The fraction of sp³-hybridized carbons (Fsp3) is 0.308. The molecule has 2 aromatic rings. The smallest absolute Gasteiger partial charge is 0.130 e. The number of aryl methyl sites for hydroxylation is 2. The van der Waals surface area contributed by atoms with Crippen molar-refractivity contribution in [1.82, 2.24) is 15.2 Å². The van der Waals surface area contributed by atoms with E-state index < -0.39 is 11.6 Å². The molecule has 1 aromatic carbocycles. The molecular weight excluding hydrogens is 250 g/mol. The summed E-state index contributed by atoms with van der Waals surface area (Å²) < 4.78 is 28.2. The van der Waals surface area contributed by atoms with E-state index in [9.17, 15) is 8.78 Å². The number of hydrogen-bond donors (Lipinski definition) is 2. The van der Waals surface area contributed by atoms with E-state index in [0.29, 0.717) is 18.4 Å². The Morgan fingerprint density at radius 2 is 2.21 bits per heavy atom. The van der Waals surface area contributed by atoms with Gasteiger partial charge in [0.2, 0.25) is 0 Å². The highest BCUT2D eigenvalue weighted by molar-refractivity contribution is 5.22. The molecule has 0 fully saturated rings. The molecule has 1 unspecified atom stereocenters. The molecule has 102 valence electrons. The average molecular weight is 266 g/mol. The highest BCUT2D eigenvalue weighted by atomic mass is 19.1. The van der Waals surface area contributed by atoms with E-state index in [1.165, 1.54) is 12.1 Å². The first-order chi connectivity index (χ1) is 9.10. The van der Waals surface area contributed by atoms with E-state index in [4.69, 9.17) is 5.84 Å². The number of nitrogens with two attached hydrogens (primary N) is 1. The minimum Gasteiger partial charge on any atom is -0.276 e. The predicted octanol–water partition coefficient (Wildman–Crippen LogP) is 1.84. The lowest BCUT2D eigenvalue weighted by molar-refractivity contribution is 0.480. The standard InChI is InChI=1S/C13H16F2N4/c1-19-8-9(7-17-19)2-5-13(18-16)11-4-3-10(14)6-12(11)15/h3-4,6-8,13,18H,2,5,16H2,1H3. The lowest BCUT2D eigenvalue weighted by Crippen LogP contribution is -2.29. The summed E-state index contributed by atoms with van der Waals surface area (Å²) in [6.45, 7) is 0. The lowest BCUT2D eigenvalue weighted by atomic mass is 10.0. The monoisotopic (exact) mass is 266 g/mol. The second-order valence-corrected chi connectivity index (χ2v) is 4.45. The number of hydrazine groups is 1. The van der Waals surface area contributed by atoms with Crippen LogP contribution in [0.25, 0.3) is 0 Å². The van der Waals surface area contributed by atoms with Gasteiger partial charge in [-0.25, -0.2) is 8.78 Å². The van der Waals surface area contributed by atoms with Crippen molar-refractivity contribution >= 4 is 0 Å². The Hall–Kier alpha value is -1.79. The topological polar surface area (TPSA) is 55.9 Å². The molecule has 1 aromatic heterocycles. The van der Waals surface area contributed by atoms with Gasteiger partial charge in [-0.1, -0.05) is 6.07 Å². The largest absolute Gasteiger partial charge is 0.276 e. The van der Waals surface area contributed by atoms with Crippen molar-refractivity contribution in [3.05, 3.63) is 53.4 Å². The van der Waals surface area contributed by atoms with Crippen LogP contribution in [-0.4, -0.2) is 9.78 Å². The Labute approximate surface area is 110 Å². The van der Waals surface area contributed by atoms with Crippen LogP contribution in [0.5, 0.6) is 0 Å². The van der Waals surface area contributed by atoms with Gasteiger partial charge in [-0.2, -0.15) is 5.10 Å². The number of nitrogens with one attached hydrogen (secondary N) is 1. The third-order valence-electron chi connectivity index (χ3n) is 3.02. The van der Waals surface area contributed by atoms with E-state index in [-0.39, 0.29) is 6.04 Å². The maximum atomic E-state index is 13.7. The molecule has 0 spiro atoms. The molecule has 0 saturated carbocycles. The number of benzene rings is 1. The summed E-state index contributed by atoms with van der Waals surface area (Å²) >= 11 is 0. The summed E-state index contributed by atoms with van der Waals surface area (Å²) in [5.41, 5.74) is 3.98. The molecule has 3 N–H and O–H groups in total. The minimum atomic E-state index is -0.593. The Morgan fingerprint density at radius 3 is 2.79 bits per heavy atom. The third-order valence-corrected chi connectivity index (χ3v) is 3.02. The zero-order valence-corrected chi connectivity index (χ0v) is 10.6. The molecule has 1 atom stereocenters. The summed E-state index contributed by atoms with van der Waals surface area (Å²) in [6.07, 6.45) is 4.97. The maximum absolute atomic E-state index is 13.7. The summed E-state index contributed by atoms with van der Waals surface area (Å²) in [7, 11) is 1.84. The quantitative estimate of drug-likeness (QED) is 0.641. The van der Waals surface area contributed by atoms with Crippen LogP contribution in [0.4, 0.5) is 8.78 Å². The van der Waals surface area contributed by atoms with E-state index in [0.717, 1.165) is 11.6 Å². The molecule has 0 aliphatic rings. The Kier molecular flexibility index (Phi) is 4.24. The molecule has 6 heteroatoms. The van der Waals surface area contributed by atoms with E-state index in [1.54, 1.807) is 10.9 Å². The zero-order chi connectivity index (χ0) is 13.8. The van der Waals surface area contributed by atoms with Crippen molar-refractivity contribution in [2.45, 2.75) is 18.9 Å². The number of halogens is 2. The molecular formula is C13H16F2N4. The molecule has 0 bridgehead atoms. The second-order valence-electron chi connectivity index (χ2n) is 4.45. The summed E-state index contributed by atoms with van der Waals surface area (Å²) in [5.74, 6) is 4.27. The van der Waals surface area contributed by atoms with Crippen molar-refractivity contribution < 1.29 is 8.78 Å². The molecule has 2 rings (SSSR count). The van der Waals surface area contributed by atoms with Gasteiger partial charge in [0.15, 0.2) is 0 Å². The third kappa shape index (κ3) is 3.36. The summed E-state index contributed by atoms with van der Waals surface area (Å²) in [4.78, 5) is 0. The van der Waals surface area contributed by atoms with Crippen molar-refractivity contribution in [3.8, 4) is 0 Å². The fourth-order valence-electron chi connectivity index (χ4n) is 2.02. The van der Waals surface area contributed by atoms with Crippen molar-refractivity contribution in [2.24, 2.45) is 12.9 Å². The first-order valence-corrected chi connectivity index (χ1v) is 5.98. The summed E-state index contributed by atoms with van der Waals surface area (Å²) in [5, 5.41) is 4.06. The maximum Gasteiger partial charge on any atom is 0.130 e. The van der Waals surface area contributed by atoms with Crippen LogP contribution in [0.1, 0.15) is 23.6 Å². The van der Waals surface area contributed by atoms with Crippen LogP contribution >= 0.6 is 0 Å². The Morgan fingerprint density at radius 1 is 1.42 bits per heavy atom. The van der Waals surface area contributed by atoms with Crippen LogP contribution in [0, 0.1) is 11.6 Å². The molecule has 0 aliphatic heterocycles. The van der Waals surface area contributed by atoms with Gasteiger partial charge in [-0.15, -0.1) is 0 Å². The minimum absolute atomic E-state index is 0.360. The van der Waals surface area contributed by atoms with Gasteiger partial charge in [0.05, 0.1) is 6.20 Å². The highest BCUT2D eigenvalue weighted by Crippen LogP contribution is 2.22. The Bertz CT molecular complexity index is 553. The number of nitrogens with zero attached hydrogens (tertiary/aromatic N) is 2. The number of aromatic nitrogens is 2. The van der Waals surface area contributed by atoms with Gasteiger partial charge in [-0.3, -0.25) is 16.0 Å². The fourth-order valence-corrected chi connectivity index (χ4v) is 2.02. The Balaban J connectivity index is 2.07. The lowest BCUT2D eigenvalue weighted by Gasteiger charge is -2.16. The van der Waals surface area contributed by atoms with Crippen molar-refractivity contribution in [1.29, 1.82) is 0 Å². The highest BCUT2D eigenvalue weighted by Gasteiger charge is 2.15. The van der Waals surface area contributed by atoms with Crippen molar-refractivity contribution in [2.75, 3.05) is 0 Å². The van der Waals surface area contributed by atoms with Crippen LogP contribution < -0.4 is 11.3 Å². The SMILES string of the molecule is Cn1cc(CCC(NN)c2ccc(F)cc2F)cn1. The van der Waals surface area contributed by atoms with Gasteiger partial charge >= 0.3 is 0 Å². The van der Waals surface area contributed by atoms with E-state index >= 15 is 0 Å². The van der Waals surface area contributed by atoms with Gasteiger partial charge < -0.3 is 0 Å². The zero-order valence-electron chi connectivity index (χ0n) is 10.6. The van der Waals surface area contributed by atoms with E-state index in [2.05, 4.69) is 10.5 Å². The molecule has 1 heterocycles. The van der Waals surface area contributed by atoms with Gasteiger partial charge in [0.25, 0.3) is 0 Å². The summed E-state index contributed by atoms with van der Waals surface area (Å²) in [6, 6.07) is 3.15. The molecule has 19 heavy (non-hydrogen) atoms. The second kappa shape index (κ2) is 5.90. The van der Waals surface area contributed by atoms with Gasteiger partial charge in [-0.05, 0) is 24.5 Å². The van der Waals surface area contributed by atoms with Crippen LogP contribution in [-0.2, 0) is 13.5 Å². The van der Waals surface area contributed by atoms with Crippen LogP contribution in [0.15, 0.2) is 30.6 Å². The molecule has 0 saturated heterocycles. The molecule has 4 nitrogen and oxygen atoms in total. The first kappa shape index (κ1) is 13.6. The predicted molar refractivity (Wildman–Crippen MR) is 68.0 cm³/mol. The normalized spacial score (nSPS) is 12.6. The molecule has 0 aliphatic carbocycles. The number of rotatable bonds is 5. The van der Waals surface area contributed by atoms with Gasteiger partial charge in [0, 0.05) is 30.9 Å². The average Bonchev–Trinajstić information content (AvgIpc) is 2.78. The first-order valence-electron chi connectivity index (χ1n) is 5.98. The number of hydrogen-bond acceptors (Lipinski definition) is 3. The van der Waals surface area contributed by atoms with Gasteiger partial charge in [0.1, 0.15) is 11.6 Å². The van der Waals surface area contributed by atoms with Crippen molar-refractivity contribution in [3.63, 3.8) is 0 Å². The van der Waals surface area contributed by atoms with E-state index in [1.807, 2.05) is 13.2 Å². The molecule has 0 amide bonds. The van der Waals surface area contributed by atoms with Crippen LogP contribution in [0.3, 0.4) is 0 Å². The molecule has 0 radical (unpaired) electrons.